The Kier molecular flexibility index (Phi) is 6.41. The first-order valence-electron chi connectivity index (χ1n) is 13.3. The van der Waals surface area contributed by atoms with Crippen LogP contribution in [0.3, 0.4) is 0 Å². The zero-order valence-electron chi connectivity index (χ0n) is 22.8. The molecule has 0 spiro atoms. The molecule has 5 rings (SSSR count). The quantitative estimate of drug-likeness (QED) is 0.424. The third-order valence-corrected chi connectivity index (χ3v) is 7.76. The van der Waals surface area contributed by atoms with Gasteiger partial charge in [-0.15, -0.1) is 0 Å². The van der Waals surface area contributed by atoms with Gasteiger partial charge in [0.15, 0.2) is 0 Å². The number of imidazole rings is 1. The molecule has 7 nitrogen and oxygen atoms in total. The monoisotopic (exact) mass is 512 g/mol. The van der Waals surface area contributed by atoms with E-state index in [2.05, 4.69) is 47.8 Å². The normalized spacial score (nSPS) is 18.3. The Hall–Kier alpha value is -3.87. The average molecular weight is 513 g/mol. The van der Waals surface area contributed by atoms with Crippen molar-refractivity contribution >= 4 is 17.6 Å². The molecule has 198 valence electrons. The summed E-state index contributed by atoms with van der Waals surface area (Å²) in [5.74, 6) is -0.334. The number of hydrogen-bond donors (Lipinski definition) is 2. The third kappa shape index (κ3) is 4.62. The van der Waals surface area contributed by atoms with E-state index in [1.165, 1.54) is 0 Å². The van der Waals surface area contributed by atoms with E-state index in [-0.39, 0.29) is 5.92 Å². The molecule has 1 aromatic carbocycles. The highest BCUT2D eigenvalue weighted by Gasteiger charge is 2.41. The smallest absolute Gasteiger partial charge is 0.408 e. The lowest BCUT2D eigenvalue weighted by Crippen LogP contribution is -2.52. The number of nitrogens with one attached hydrogen (secondary N) is 1. The van der Waals surface area contributed by atoms with Crippen LogP contribution in [0.25, 0.3) is 16.9 Å². The molecule has 0 radical (unpaired) electrons. The van der Waals surface area contributed by atoms with Crippen molar-refractivity contribution in [1.82, 2.24) is 14.7 Å². The van der Waals surface area contributed by atoms with Crippen LogP contribution in [0.4, 0.5) is 4.79 Å². The molecule has 0 saturated heterocycles. The van der Waals surface area contributed by atoms with Crippen molar-refractivity contribution in [2.75, 3.05) is 0 Å². The Morgan fingerprint density at radius 3 is 2.37 bits per heavy atom. The standard InChI is InChI=1S/C31H36N4O3/c1-19-20(2)28-33-25(26(22-10-7-6-8-11-22)35(28)18-24(19)27(32)36)21-12-14-23(15-13-21)31(16-9-17-31)34-29(37)38-30(3,4)5/h6-8,10,12-15,18,22H,9,11,16-17H2,1-5H3,(H2,32,36)(H,34,37). The van der Waals surface area contributed by atoms with Gasteiger partial charge in [0.05, 0.1) is 22.5 Å². The summed E-state index contributed by atoms with van der Waals surface area (Å²) in [6.45, 7) is 9.51. The van der Waals surface area contributed by atoms with Crippen molar-refractivity contribution in [3.8, 4) is 11.3 Å². The zero-order chi connectivity index (χ0) is 27.2. The van der Waals surface area contributed by atoms with Crippen molar-refractivity contribution in [1.29, 1.82) is 0 Å². The van der Waals surface area contributed by atoms with Crippen molar-refractivity contribution in [2.45, 2.75) is 77.4 Å². The van der Waals surface area contributed by atoms with E-state index in [0.717, 1.165) is 65.0 Å². The predicted octanol–water partition coefficient (Wildman–Crippen LogP) is 6.22. The number of primary amides is 1. The molecular weight excluding hydrogens is 476 g/mol. The van der Waals surface area contributed by atoms with Crippen LogP contribution in [0, 0.1) is 13.8 Å². The van der Waals surface area contributed by atoms with Crippen LogP contribution in [0.5, 0.6) is 0 Å². The Balaban J connectivity index is 1.57. The Morgan fingerprint density at radius 2 is 1.82 bits per heavy atom. The lowest BCUT2D eigenvalue weighted by atomic mass is 9.71. The number of nitrogens with zero attached hydrogens (tertiary/aromatic N) is 2. The third-order valence-electron chi connectivity index (χ3n) is 7.76. The SMILES string of the molecule is Cc1c(C(N)=O)cn2c(C3C=CC=CC3)c(-c3ccc(C4(NC(=O)OC(C)(C)C)CCC4)cc3)nc2c1C. The number of allylic oxidation sites excluding steroid dienone is 4. The van der Waals surface area contributed by atoms with Crippen LogP contribution in [-0.2, 0) is 10.3 Å². The molecule has 1 atom stereocenters. The van der Waals surface area contributed by atoms with Crippen LogP contribution in [0.15, 0.2) is 54.8 Å². The fourth-order valence-electron chi connectivity index (χ4n) is 5.50. The first-order valence-corrected chi connectivity index (χ1v) is 13.3. The van der Waals surface area contributed by atoms with Crippen LogP contribution >= 0.6 is 0 Å². The molecule has 2 amide bonds. The number of pyridine rings is 1. The van der Waals surface area contributed by atoms with Gasteiger partial charge < -0.3 is 20.2 Å². The number of aromatic nitrogens is 2. The van der Waals surface area contributed by atoms with Crippen LogP contribution in [-0.4, -0.2) is 27.0 Å². The summed E-state index contributed by atoms with van der Waals surface area (Å²) in [7, 11) is 0. The summed E-state index contributed by atoms with van der Waals surface area (Å²) >= 11 is 0. The summed E-state index contributed by atoms with van der Waals surface area (Å²) in [5, 5.41) is 3.14. The largest absolute Gasteiger partial charge is 0.444 e. The Labute approximate surface area is 223 Å². The van der Waals surface area contributed by atoms with E-state index in [0.29, 0.717) is 5.56 Å². The van der Waals surface area contributed by atoms with Gasteiger partial charge in [0.25, 0.3) is 0 Å². The Bertz CT molecular complexity index is 1470. The first kappa shape index (κ1) is 25.8. The number of rotatable bonds is 5. The highest BCUT2D eigenvalue weighted by atomic mass is 16.6. The molecule has 2 heterocycles. The van der Waals surface area contributed by atoms with E-state index in [4.69, 9.17) is 15.5 Å². The van der Waals surface area contributed by atoms with Gasteiger partial charge in [-0.3, -0.25) is 4.79 Å². The molecule has 1 unspecified atom stereocenters. The average Bonchev–Trinajstić information content (AvgIpc) is 3.23. The Morgan fingerprint density at radius 1 is 1.11 bits per heavy atom. The summed E-state index contributed by atoms with van der Waals surface area (Å²) < 4.78 is 7.58. The minimum Gasteiger partial charge on any atom is -0.444 e. The van der Waals surface area contributed by atoms with Crippen molar-refractivity contribution < 1.29 is 14.3 Å². The first-order chi connectivity index (χ1) is 18.0. The topological polar surface area (TPSA) is 98.7 Å². The zero-order valence-corrected chi connectivity index (χ0v) is 22.8. The highest BCUT2D eigenvalue weighted by Crippen LogP contribution is 2.43. The number of fused-ring (bicyclic) bond motifs is 1. The number of carbonyl (C=O) groups excluding carboxylic acids is 2. The molecule has 7 heteroatoms. The molecule has 2 aliphatic rings. The summed E-state index contributed by atoms with van der Waals surface area (Å²) in [6, 6.07) is 8.33. The molecule has 0 aliphatic heterocycles. The minimum absolute atomic E-state index is 0.110. The van der Waals surface area contributed by atoms with Gasteiger partial charge in [-0.25, -0.2) is 9.78 Å². The maximum atomic E-state index is 12.6. The second-order valence-corrected chi connectivity index (χ2v) is 11.5. The summed E-state index contributed by atoms with van der Waals surface area (Å²) in [5.41, 5.74) is 11.8. The molecule has 2 aliphatic carbocycles. The molecule has 2 aromatic heterocycles. The van der Waals surface area contributed by atoms with Crippen molar-refractivity contribution in [2.24, 2.45) is 5.73 Å². The fourth-order valence-corrected chi connectivity index (χ4v) is 5.50. The number of aryl methyl sites for hydroxylation is 1. The maximum absolute atomic E-state index is 12.6. The predicted molar refractivity (Wildman–Crippen MR) is 149 cm³/mol. The number of benzene rings is 1. The number of alkyl carbamates (subject to hydrolysis) is 1. The molecule has 3 N–H and O–H groups in total. The number of carbonyl (C=O) groups is 2. The van der Waals surface area contributed by atoms with E-state index in [9.17, 15) is 9.59 Å². The lowest BCUT2D eigenvalue weighted by molar-refractivity contribution is 0.0377. The van der Waals surface area contributed by atoms with Gasteiger partial charge in [-0.05, 0) is 77.0 Å². The number of nitrogens with two attached hydrogens (primary N) is 1. The number of hydrogen-bond acceptors (Lipinski definition) is 4. The molecular formula is C31H36N4O3. The second kappa shape index (κ2) is 9.46. The molecule has 3 aromatic rings. The highest BCUT2D eigenvalue weighted by molar-refractivity contribution is 5.95. The number of amides is 2. The minimum atomic E-state index is -0.550. The second-order valence-electron chi connectivity index (χ2n) is 11.5. The molecule has 1 saturated carbocycles. The molecule has 1 fully saturated rings. The van der Waals surface area contributed by atoms with Gasteiger partial charge in [-0.1, -0.05) is 48.6 Å². The van der Waals surface area contributed by atoms with Gasteiger partial charge in [0, 0.05) is 17.7 Å². The van der Waals surface area contributed by atoms with Gasteiger partial charge in [0.2, 0.25) is 5.91 Å². The van der Waals surface area contributed by atoms with Crippen LogP contribution in [0.1, 0.15) is 85.1 Å². The van der Waals surface area contributed by atoms with Crippen LogP contribution in [0.2, 0.25) is 0 Å². The van der Waals surface area contributed by atoms with Gasteiger partial charge >= 0.3 is 6.09 Å². The van der Waals surface area contributed by atoms with Crippen LogP contribution < -0.4 is 11.1 Å². The molecule has 0 bridgehead atoms. The summed E-state index contributed by atoms with van der Waals surface area (Å²) in [6.07, 6.45) is 13.5. The van der Waals surface area contributed by atoms with E-state index in [1.807, 2.05) is 51.3 Å². The van der Waals surface area contributed by atoms with Crippen molar-refractivity contribution in [3.63, 3.8) is 0 Å². The number of ether oxygens (including phenoxy) is 1. The fraction of sp³-hybridized carbons (Fsp3) is 0.387. The van der Waals surface area contributed by atoms with Gasteiger partial charge in [0.1, 0.15) is 11.2 Å². The lowest BCUT2D eigenvalue weighted by Gasteiger charge is -2.43. The summed E-state index contributed by atoms with van der Waals surface area (Å²) in [4.78, 5) is 29.9. The van der Waals surface area contributed by atoms with Crippen molar-refractivity contribution in [3.05, 3.63) is 82.7 Å². The maximum Gasteiger partial charge on any atom is 0.408 e. The van der Waals surface area contributed by atoms with E-state index in [1.54, 1.807) is 0 Å². The van der Waals surface area contributed by atoms with Gasteiger partial charge in [-0.2, -0.15) is 0 Å². The molecule has 38 heavy (non-hydrogen) atoms. The van der Waals surface area contributed by atoms with E-state index < -0.39 is 23.1 Å². The van der Waals surface area contributed by atoms with E-state index >= 15 is 0 Å².